The molecule has 2 aromatic rings. The molecule has 6 heteroatoms. The number of nitrogens with zero attached hydrogens (tertiary/aromatic N) is 3. The van der Waals surface area contributed by atoms with Crippen molar-refractivity contribution in [3.05, 3.63) is 41.7 Å². The molecule has 0 radical (unpaired) electrons. The molecule has 112 valence electrons. The Morgan fingerprint density at radius 1 is 1.19 bits per heavy atom. The van der Waals surface area contributed by atoms with Crippen LogP contribution in [-0.4, -0.2) is 33.8 Å². The molecule has 1 aromatic heterocycles. The van der Waals surface area contributed by atoms with E-state index >= 15 is 0 Å². The van der Waals surface area contributed by atoms with Crippen molar-refractivity contribution in [3.63, 3.8) is 0 Å². The minimum absolute atomic E-state index is 0.375. The predicted octanol–water partition coefficient (Wildman–Crippen LogP) is 2.22. The second kappa shape index (κ2) is 6.95. The fourth-order valence-corrected chi connectivity index (χ4v) is 3.38. The normalized spacial score (nSPS) is 16.2. The van der Waals surface area contributed by atoms with Crippen LogP contribution in [0, 0.1) is 0 Å². The molecule has 0 saturated carbocycles. The van der Waals surface area contributed by atoms with Crippen LogP contribution in [0.15, 0.2) is 35.5 Å². The average Bonchev–Trinajstić information content (AvgIpc) is 2.90. The van der Waals surface area contributed by atoms with Crippen LogP contribution in [0.2, 0.25) is 0 Å². The van der Waals surface area contributed by atoms with Gasteiger partial charge in [-0.2, -0.15) is 0 Å². The van der Waals surface area contributed by atoms with Gasteiger partial charge in [-0.25, -0.2) is 4.68 Å². The fourth-order valence-electron chi connectivity index (χ4n) is 2.53. The summed E-state index contributed by atoms with van der Waals surface area (Å²) in [5.41, 5.74) is 1.33. The third kappa shape index (κ3) is 3.57. The first-order valence-corrected chi connectivity index (χ1v) is 8.28. The first kappa shape index (κ1) is 14.4. The molecule has 1 fully saturated rings. The summed E-state index contributed by atoms with van der Waals surface area (Å²) >= 11 is 1.66. The van der Waals surface area contributed by atoms with E-state index in [0.717, 1.165) is 49.2 Å². The smallest absolute Gasteiger partial charge is 0.209 e. The number of aryl methyl sites for hydroxylation is 1. The number of benzene rings is 1. The Labute approximate surface area is 128 Å². The number of aromatic nitrogens is 3. The van der Waals surface area contributed by atoms with Crippen LogP contribution in [0.3, 0.4) is 0 Å². The van der Waals surface area contributed by atoms with Gasteiger partial charge in [0.05, 0.1) is 0 Å². The lowest BCUT2D eigenvalue weighted by molar-refractivity contribution is 0.0830. The Hall–Kier alpha value is -1.53. The lowest BCUT2D eigenvalue weighted by Gasteiger charge is -2.20. The van der Waals surface area contributed by atoms with Gasteiger partial charge in [0, 0.05) is 24.9 Å². The Morgan fingerprint density at radius 2 is 1.95 bits per heavy atom. The molecule has 5 nitrogen and oxygen atoms in total. The second-order valence-corrected chi connectivity index (χ2v) is 6.24. The second-order valence-electron chi connectivity index (χ2n) is 5.18. The van der Waals surface area contributed by atoms with E-state index in [1.54, 1.807) is 16.4 Å². The first-order valence-electron chi connectivity index (χ1n) is 7.29. The minimum Gasteiger partial charge on any atom is -0.381 e. The quantitative estimate of drug-likeness (QED) is 0.678. The van der Waals surface area contributed by atoms with E-state index < -0.39 is 0 Å². The molecule has 0 unspecified atom stereocenters. The van der Waals surface area contributed by atoms with Gasteiger partial charge in [-0.1, -0.05) is 42.1 Å². The Kier molecular flexibility index (Phi) is 4.77. The van der Waals surface area contributed by atoms with Crippen molar-refractivity contribution in [2.75, 3.05) is 24.8 Å². The van der Waals surface area contributed by atoms with Crippen LogP contribution in [-0.2, 0) is 11.2 Å². The Morgan fingerprint density at radius 3 is 2.71 bits per heavy atom. The first-order chi connectivity index (χ1) is 10.3. The molecule has 1 aliphatic heterocycles. The monoisotopic (exact) mass is 304 g/mol. The molecule has 2 heterocycles. The highest BCUT2D eigenvalue weighted by atomic mass is 32.2. The maximum Gasteiger partial charge on any atom is 0.209 e. The highest BCUT2D eigenvalue weighted by Crippen LogP contribution is 2.27. The summed E-state index contributed by atoms with van der Waals surface area (Å²) in [7, 11) is 0. The van der Waals surface area contributed by atoms with Gasteiger partial charge in [0.1, 0.15) is 0 Å². The number of nitrogen functional groups attached to an aromatic ring is 1. The maximum atomic E-state index is 6.14. The van der Waals surface area contributed by atoms with Gasteiger partial charge in [-0.05, 0) is 24.8 Å². The molecule has 0 amide bonds. The highest BCUT2D eigenvalue weighted by Gasteiger charge is 2.22. The van der Waals surface area contributed by atoms with E-state index in [1.165, 1.54) is 5.56 Å². The van der Waals surface area contributed by atoms with Crippen LogP contribution >= 0.6 is 11.8 Å². The zero-order valence-corrected chi connectivity index (χ0v) is 12.8. The largest absolute Gasteiger partial charge is 0.381 e. The van der Waals surface area contributed by atoms with Gasteiger partial charge < -0.3 is 10.6 Å². The molecular formula is C15H20N4OS. The molecule has 0 atom stereocenters. The summed E-state index contributed by atoms with van der Waals surface area (Å²) in [6.07, 6.45) is 2.96. The lowest BCUT2D eigenvalue weighted by Crippen LogP contribution is -2.22. The molecule has 1 aromatic carbocycles. The van der Waals surface area contributed by atoms with E-state index in [0.29, 0.717) is 5.92 Å². The SMILES string of the molecule is Nn1c(SCCc2ccccc2)nnc1C1CCOCC1. The third-order valence-corrected chi connectivity index (χ3v) is 4.69. The van der Waals surface area contributed by atoms with Crippen molar-refractivity contribution in [2.45, 2.75) is 30.3 Å². The molecule has 0 bridgehead atoms. The zero-order chi connectivity index (χ0) is 14.5. The summed E-state index contributed by atoms with van der Waals surface area (Å²) < 4.78 is 7.04. The van der Waals surface area contributed by atoms with Gasteiger partial charge in [-0.3, -0.25) is 0 Å². The number of thioether (sulfide) groups is 1. The zero-order valence-electron chi connectivity index (χ0n) is 11.9. The van der Waals surface area contributed by atoms with Crippen LogP contribution < -0.4 is 5.84 Å². The minimum atomic E-state index is 0.375. The van der Waals surface area contributed by atoms with Crippen molar-refractivity contribution >= 4 is 11.8 Å². The molecular weight excluding hydrogens is 284 g/mol. The number of ether oxygens (including phenoxy) is 1. The van der Waals surface area contributed by atoms with Crippen molar-refractivity contribution < 1.29 is 4.74 Å². The van der Waals surface area contributed by atoms with Gasteiger partial charge in [0.2, 0.25) is 5.16 Å². The van der Waals surface area contributed by atoms with Crippen LogP contribution in [0.5, 0.6) is 0 Å². The standard InChI is InChI=1S/C15H20N4OS/c16-19-14(13-6-9-20-10-7-13)17-18-15(19)21-11-8-12-4-2-1-3-5-12/h1-5,13H,6-11,16H2. The van der Waals surface area contributed by atoms with Gasteiger partial charge >= 0.3 is 0 Å². The highest BCUT2D eigenvalue weighted by molar-refractivity contribution is 7.99. The fraction of sp³-hybridized carbons (Fsp3) is 0.467. The van der Waals surface area contributed by atoms with E-state index in [1.807, 2.05) is 6.07 Å². The van der Waals surface area contributed by atoms with Crippen molar-refractivity contribution in [1.29, 1.82) is 0 Å². The van der Waals surface area contributed by atoms with Crippen LogP contribution in [0.1, 0.15) is 30.1 Å². The summed E-state index contributed by atoms with van der Waals surface area (Å²) in [6, 6.07) is 10.4. The molecule has 1 aliphatic rings. The van der Waals surface area contributed by atoms with E-state index in [9.17, 15) is 0 Å². The number of hydrogen-bond donors (Lipinski definition) is 1. The van der Waals surface area contributed by atoms with Crippen molar-refractivity contribution in [3.8, 4) is 0 Å². The van der Waals surface area contributed by atoms with Gasteiger partial charge in [-0.15, -0.1) is 10.2 Å². The molecule has 0 aliphatic carbocycles. The lowest BCUT2D eigenvalue weighted by atomic mass is 10.00. The molecule has 0 spiro atoms. The maximum absolute atomic E-state index is 6.14. The van der Waals surface area contributed by atoms with E-state index in [-0.39, 0.29) is 0 Å². The Bertz CT molecular complexity index is 566. The molecule has 2 N–H and O–H groups in total. The average molecular weight is 304 g/mol. The molecule has 1 saturated heterocycles. The van der Waals surface area contributed by atoms with Crippen molar-refractivity contribution in [1.82, 2.24) is 14.9 Å². The van der Waals surface area contributed by atoms with Crippen LogP contribution in [0.4, 0.5) is 0 Å². The van der Waals surface area contributed by atoms with Crippen LogP contribution in [0.25, 0.3) is 0 Å². The van der Waals surface area contributed by atoms with Crippen molar-refractivity contribution in [2.24, 2.45) is 0 Å². The molecule has 3 rings (SSSR count). The molecule has 21 heavy (non-hydrogen) atoms. The summed E-state index contributed by atoms with van der Waals surface area (Å²) in [4.78, 5) is 0. The van der Waals surface area contributed by atoms with E-state index in [4.69, 9.17) is 10.6 Å². The summed E-state index contributed by atoms with van der Waals surface area (Å²) in [6.45, 7) is 1.57. The predicted molar refractivity (Wildman–Crippen MR) is 83.8 cm³/mol. The van der Waals surface area contributed by atoms with E-state index in [2.05, 4.69) is 34.5 Å². The third-order valence-electron chi connectivity index (χ3n) is 3.74. The Balaban J connectivity index is 1.57. The summed E-state index contributed by atoms with van der Waals surface area (Å²) in [5.74, 6) is 8.36. The summed E-state index contributed by atoms with van der Waals surface area (Å²) in [5, 5.41) is 9.31. The number of rotatable bonds is 5. The topological polar surface area (TPSA) is 66.0 Å². The van der Waals surface area contributed by atoms with Gasteiger partial charge in [0.25, 0.3) is 0 Å². The number of hydrogen-bond acceptors (Lipinski definition) is 5. The number of nitrogens with two attached hydrogens (primary N) is 1. The van der Waals surface area contributed by atoms with Gasteiger partial charge in [0.15, 0.2) is 5.82 Å².